The lowest BCUT2D eigenvalue weighted by atomic mass is 9.53. The number of fused-ring (bicyclic) bond motifs is 3. The summed E-state index contributed by atoms with van der Waals surface area (Å²) in [5.41, 5.74) is -2.43. The quantitative estimate of drug-likeness (QED) is 0.470. The largest absolute Gasteiger partial charge is 0.494 e. The number of anilines is 1. The highest BCUT2D eigenvalue weighted by Crippen LogP contribution is 2.58. The van der Waals surface area contributed by atoms with Crippen molar-refractivity contribution in [2.75, 3.05) is 18.1 Å². The fourth-order valence-corrected chi connectivity index (χ4v) is 6.70. The first-order valence-corrected chi connectivity index (χ1v) is 13.7. The van der Waals surface area contributed by atoms with E-state index in [0.29, 0.717) is 30.5 Å². The van der Waals surface area contributed by atoms with Gasteiger partial charge in [0, 0.05) is 35.5 Å². The zero-order valence-corrected chi connectivity index (χ0v) is 21.6. The first-order chi connectivity index (χ1) is 18.1. The predicted molar refractivity (Wildman–Crippen MR) is 132 cm³/mol. The van der Waals surface area contributed by atoms with Crippen LogP contribution in [-0.4, -0.2) is 46.1 Å². The molecule has 7 nitrogen and oxygen atoms in total. The topological polar surface area (TPSA) is 88.7 Å². The molecule has 7 rings (SSSR count). The molecule has 10 heteroatoms. The smallest absolute Gasteiger partial charge is 0.417 e. The van der Waals surface area contributed by atoms with Crippen LogP contribution in [0.2, 0.25) is 0 Å². The Morgan fingerprint density at radius 3 is 2.45 bits per heavy atom. The molecule has 206 valence electrons. The number of halogens is 3. The molecule has 5 fully saturated rings. The van der Waals surface area contributed by atoms with Gasteiger partial charge in [-0.05, 0) is 88.7 Å². The van der Waals surface area contributed by atoms with Gasteiger partial charge in [0.2, 0.25) is 11.8 Å². The summed E-state index contributed by atoms with van der Waals surface area (Å²) in [6.45, 7) is 2.76. The molecule has 1 aromatic carbocycles. The summed E-state index contributed by atoms with van der Waals surface area (Å²) in [6, 6.07) is 7.18. The maximum absolute atomic E-state index is 13.7. The van der Waals surface area contributed by atoms with Crippen LogP contribution in [0.5, 0.6) is 5.75 Å². The first-order valence-electron chi connectivity index (χ1n) is 13.7. The monoisotopic (exact) mass is 533 g/mol. The summed E-state index contributed by atoms with van der Waals surface area (Å²) in [4.78, 5) is 20.1. The van der Waals surface area contributed by atoms with Gasteiger partial charge in [-0.1, -0.05) is 11.2 Å². The van der Waals surface area contributed by atoms with E-state index in [0.717, 1.165) is 63.1 Å². The molecule has 1 heterocycles. The molecule has 0 radical (unpaired) electrons. The Hall–Kier alpha value is -2.62. The van der Waals surface area contributed by atoms with Gasteiger partial charge in [-0.25, -0.2) is 0 Å². The molecule has 2 bridgehead atoms. The molecule has 0 spiro atoms. The van der Waals surface area contributed by atoms with Crippen LogP contribution in [0.1, 0.15) is 88.8 Å². The molecule has 5 aliphatic carbocycles. The fraction of sp³-hybridized carbons (Fsp3) is 0.679. The van der Waals surface area contributed by atoms with Gasteiger partial charge >= 0.3 is 6.18 Å². The highest BCUT2D eigenvalue weighted by Gasteiger charge is 2.63. The van der Waals surface area contributed by atoms with Crippen molar-refractivity contribution in [1.82, 2.24) is 10.1 Å². The third-order valence-electron chi connectivity index (χ3n) is 9.48. The van der Waals surface area contributed by atoms with Crippen molar-refractivity contribution in [1.29, 1.82) is 0 Å². The molecule has 5 aliphatic rings. The molecule has 5 saturated carbocycles. The average molecular weight is 534 g/mol. The number of carbonyl (C=O) groups is 1. The van der Waals surface area contributed by atoms with Gasteiger partial charge in [0.25, 0.3) is 0 Å². The van der Waals surface area contributed by atoms with E-state index in [1.54, 1.807) is 29.2 Å². The number of carbonyl (C=O) groups excluding carboxylic acids is 1. The Morgan fingerprint density at radius 1 is 1.16 bits per heavy atom. The van der Waals surface area contributed by atoms with Crippen molar-refractivity contribution < 1.29 is 32.3 Å². The van der Waals surface area contributed by atoms with Crippen molar-refractivity contribution in [3.63, 3.8) is 0 Å². The SMILES string of the molecule is CCOc1cccc(N(CC23CCC(c4nc(C5CC5)no4)(CC2)CC3)C(=O)C2CC(O)(C(F)(F)F)C2)c1. The van der Waals surface area contributed by atoms with Crippen LogP contribution in [0.4, 0.5) is 18.9 Å². The minimum absolute atomic E-state index is 0.122. The highest BCUT2D eigenvalue weighted by atomic mass is 19.4. The number of aromatic nitrogens is 2. The van der Waals surface area contributed by atoms with E-state index >= 15 is 0 Å². The molecule has 0 atom stereocenters. The lowest BCUT2D eigenvalue weighted by molar-refractivity contribution is -0.295. The number of rotatable bonds is 8. The third-order valence-corrected chi connectivity index (χ3v) is 9.48. The van der Waals surface area contributed by atoms with Crippen LogP contribution < -0.4 is 9.64 Å². The Labute approximate surface area is 219 Å². The number of hydrogen-bond acceptors (Lipinski definition) is 6. The van der Waals surface area contributed by atoms with Crippen molar-refractivity contribution in [2.45, 2.75) is 94.2 Å². The molecule has 38 heavy (non-hydrogen) atoms. The number of alkyl halides is 3. The number of aliphatic hydroxyl groups is 1. The second kappa shape index (κ2) is 8.96. The Balaban J connectivity index is 1.21. The van der Waals surface area contributed by atoms with E-state index in [-0.39, 0.29) is 16.7 Å². The summed E-state index contributed by atoms with van der Waals surface area (Å²) in [6.07, 6.45) is 1.57. The van der Waals surface area contributed by atoms with Crippen molar-refractivity contribution >= 4 is 11.6 Å². The molecule has 2 aromatic rings. The van der Waals surface area contributed by atoms with Gasteiger partial charge in [-0.3, -0.25) is 4.79 Å². The average Bonchev–Trinajstić information content (AvgIpc) is 3.61. The number of amides is 1. The second-order valence-electron chi connectivity index (χ2n) is 12.0. The molecule has 0 aliphatic heterocycles. The normalized spacial score (nSPS) is 32.6. The zero-order chi connectivity index (χ0) is 26.8. The Kier molecular flexibility index (Phi) is 6.05. The van der Waals surface area contributed by atoms with Gasteiger partial charge < -0.3 is 19.3 Å². The Morgan fingerprint density at radius 2 is 1.84 bits per heavy atom. The standard InChI is InChI=1S/C28H34F3N3O4/c1-2-37-21-5-3-4-20(14-21)34(23(35)19-15-27(36,16-19)28(29,30)31)17-25-8-11-26(12-9-25,13-10-25)24-32-22(33-38-24)18-6-7-18/h3-5,14,18-19,36H,2,6-13,15-17H2,1H3. The number of ether oxygens (including phenoxy) is 1. The van der Waals surface area contributed by atoms with E-state index in [9.17, 15) is 23.1 Å². The fourth-order valence-electron chi connectivity index (χ4n) is 6.70. The van der Waals surface area contributed by atoms with E-state index in [4.69, 9.17) is 14.2 Å². The maximum Gasteiger partial charge on any atom is 0.417 e. The minimum atomic E-state index is -4.74. The molecule has 1 aromatic heterocycles. The maximum atomic E-state index is 13.7. The molecular formula is C28H34F3N3O4. The summed E-state index contributed by atoms with van der Waals surface area (Å²) >= 11 is 0. The van der Waals surface area contributed by atoms with E-state index in [1.807, 2.05) is 6.92 Å². The summed E-state index contributed by atoms with van der Waals surface area (Å²) in [5.74, 6) is 1.36. The van der Waals surface area contributed by atoms with E-state index in [1.165, 1.54) is 0 Å². The van der Waals surface area contributed by atoms with Gasteiger partial charge in [-0.15, -0.1) is 0 Å². The molecular weight excluding hydrogens is 499 g/mol. The first kappa shape index (κ1) is 25.6. The van der Waals surface area contributed by atoms with Gasteiger partial charge in [0.1, 0.15) is 5.75 Å². The van der Waals surface area contributed by atoms with Crippen LogP contribution in [0.3, 0.4) is 0 Å². The van der Waals surface area contributed by atoms with Crippen LogP contribution in [-0.2, 0) is 10.2 Å². The van der Waals surface area contributed by atoms with E-state index < -0.39 is 30.5 Å². The van der Waals surface area contributed by atoms with E-state index in [2.05, 4.69) is 5.16 Å². The Bertz CT molecular complexity index is 1180. The lowest BCUT2D eigenvalue weighted by Crippen LogP contribution is -2.60. The van der Waals surface area contributed by atoms with Gasteiger partial charge in [-0.2, -0.15) is 18.2 Å². The summed E-state index contributed by atoms with van der Waals surface area (Å²) in [5, 5.41) is 14.2. The number of benzene rings is 1. The highest BCUT2D eigenvalue weighted by molar-refractivity contribution is 5.96. The van der Waals surface area contributed by atoms with Gasteiger partial charge in [0.05, 0.1) is 6.61 Å². The molecule has 1 N–H and O–H groups in total. The summed E-state index contributed by atoms with van der Waals surface area (Å²) < 4.78 is 51.2. The van der Waals surface area contributed by atoms with Crippen LogP contribution in [0, 0.1) is 11.3 Å². The second-order valence-corrected chi connectivity index (χ2v) is 12.0. The summed E-state index contributed by atoms with van der Waals surface area (Å²) in [7, 11) is 0. The molecule has 1 amide bonds. The van der Waals surface area contributed by atoms with Crippen LogP contribution in [0.25, 0.3) is 0 Å². The van der Waals surface area contributed by atoms with Crippen molar-refractivity contribution in [3.05, 3.63) is 36.0 Å². The lowest BCUT2D eigenvalue weighted by Gasteiger charge is -2.53. The predicted octanol–water partition coefficient (Wildman–Crippen LogP) is 5.67. The van der Waals surface area contributed by atoms with Crippen LogP contribution in [0.15, 0.2) is 28.8 Å². The van der Waals surface area contributed by atoms with Gasteiger partial charge in [0.15, 0.2) is 11.4 Å². The number of nitrogens with zero attached hydrogens (tertiary/aromatic N) is 3. The zero-order valence-electron chi connectivity index (χ0n) is 21.6. The third kappa shape index (κ3) is 4.38. The minimum Gasteiger partial charge on any atom is -0.494 e. The van der Waals surface area contributed by atoms with Crippen molar-refractivity contribution in [3.8, 4) is 5.75 Å². The van der Waals surface area contributed by atoms with Crippen LogP contribution >= 0.6 is 0 Å². The number of hydrogen-bond donors (Lipinski definition) is 1. The van der Waals surface area contributed by atoms with Crippen molar-refractivity contribution in [2.24, 2.45) is 11.3 Å². The molecule has 0 saturated heterocycles. The molecule has 0 unspecified atom stereocenters.